The number of aryl methyl sites for hydroxylation is 1. The van der Waals surface area contributed by atoms with E-state index in [1.54, 1.807) is 19.2 Å². The summed E-state index contributed by atoms with van der Waals surface area (Å²) in [6.45, 7) is 2.01. The highest BCUT2D eigenvalue weighted by atomic mass is 16.5. The van der Waals surface area contributed by atoms with Gasteiger partial charge in [0, 0.05) is 17.2 Å². The first-order valence-electron chi connectivity index (χ1n) is 6.36. The van der Waals surface area contributed by atoms with Crippen molar-refractivity contribution in [3.8, 4) is 28.4 Å². The fraction of sp³-hybridized carbons (Fsp3) is 0.118. The highest BCUT2D eigenvalue weighted by Crippen LogP contribution is 2.31. The predicted molar refractivity (Wildman–Crippen MR) is 78.3 cm³/mol. The molecular formula is C17H14O3. The summed E-state index contributed by atoms with van der Waals surface area (Å²) < 4.78 is 11.0. The summed E-state index contributed by atoms with van der Waals surface area (Å²) in [5, 5.41) is 0. The van der Waals surface area contributed by atoms with Crippen LogP contribution in [0.25, 0.3) is 22.6 Å². The third-order valence-corrected chi connectivity index (χ3v) is 3.32. The van der Waals surface area contributed by atoms with Gasteiger partial charge in [-0.3, -0.25) is 4.79 Å². The maximum absolute atomic E-state index is 11.4. The number of rotatable bonds is 2. The average molecular weight is 266 g/mol. The Morgan fingerprint density at radius 3 is 2.40 bits per heavy atom. The molecule has 0 saturated heterocycles. The summed E-state index contributed by atoms with van der Waals surface area (Å²) in [5.74, 6) is 2.15. The third-order valence-electron chi connectivity index (χ3n) is 3.32. The Bertz CT molecular complexity index is 769. The van der Waals surface area contributed by atoms with Gasteiger partial charge in [0.15, 0.2) is 5.43 Å². The topological polar surface area (TPSA) is 39.4 Å². The molecule has 2 aliphatic rings. The molecule has 1 aliphatic carbocycles. The van der Waals surface area contributed by atoms with Crippen LogP contribution in [0.2, 0.25) is 0 Å². The largest absolute Gasteiger partial charge is 0.497 e. The second-order valence-electron chi connectivity index (χ2n) is 4.68. The Hall–Kier alpha value is -2.55. The molecule has 0 fully saturated rings. The molecule has 0 aromatic heterocycles. The van der Waals surface area contributed by atoms with E-state index in [1.807, 2.05) is 37.3 Å². The lowest BCUT2D eigenvalue weighted by Crippen LogP contribution is -1.99. The van der Waals surface area contributed by atoms with Crippen molar-refractivity contribution in [2.75, 3.05) is 7.11 Å². The van der Waals surface area contributed by atoms with E-state index >= 15 is 0 Å². The minimum atomic E-state index is -0.0486. The van der Waals surface area contributed by atoms with Crippen LogP contribution in [0.4, 0.5) is 0 Å². The van der Waals surface area contributed by atoms with Crippen molar-refractivity contribution < 1.29 is 9.15 Å². The fourth-order valence-electron chi connectivity index (χ4n) is 2.23. The van der Waals surface area contributed by atoms with Crippen LogP contribution in [0.15, 0.2) is 57.7 Å². The van der Waals surface area contributed by atoms with Crippen LogP contribution >= 0.6 is 0 Å². The van der Waals surface area contributed by atoms with Crippen molar-refractivity contribution in [2.45, 2.75) is 6.92 Å². The predicted octanol–water partition coefficient (Wildman–Crippen LogP) is 3.73. The summed E-state index contributed by atoms with van der Waals surface area (Å²) in [6.07, 6.45) is 0. The highest BCUT2D eigenvalue weighted by Gasteiger charge is 2.11. The standard InChI is InChI=1S/C17H14O3/c1-11-9-16(12-3-6-14(19-2)7-4-12)20-17-10-13(18)5-8-15(11)17/h3-10H,1-2H3. The van der Waals surface area contributed by atoms with Gasteiger partial charge >= 0.3 is 0 Å². The van der Waals surface area contributed by atoms with E-state index in [4.69, 9.17) is 9.15 Å². The van der Waals surface area contributed by atoms with Crippen molar-refractivity contribution in [1.82, 2.24) is 0 Å². The zero-order chi connectivity index (χ0) is 14.1. The van der Waals surface area contributed by atoms with E-state index in [0.29, 0.717) is 5.76 Å². The molecule has 0 amide bonds. The summed E-state index contributed by atoms with van der Waals surface area (Å²) in [5.41, 5.74) is 2.94. The number of hydrogen-bond acceptors (Lipinski definition) is 3. The number of methoxy groups -OCH3 is 1. The number of benzene rings is 2. The maximum Gasteiger partial charge on any atom is 0.182 e. The van der Waals surface area contributed by atoms with Gasteiger partial charge in [0.1, 0.15) is 17.3 Å². The van der Waals surface area contributed by atoms with E-state index in [0.717, 1.165) is 28.2 Å². The Balaban J connectivity index is 2.16. The van der Waals surface area contributed by atoms with Crippen LogP contribution < -0.4 is 10.2 Å². The lowest BCUT2D eigenvalue weighted by molar-refractivity contribution is 0.415. The normalized spacial score (nSPS) is 10.7. The summed E-state index contributed by atoms with van der Waals surface area (Å²) in [7, 11) is 1.63. The Labute approximate surface area is 116 Å². The van der Waals surface area contributed by atoms with Crippen LogP contribution in [0.3, 0.4) is 0 Å². The molecule has 1 aliphatic heterocycles. The molecule has 0 atom stereocenters. The molecule has 3 nitrogen and oxygen atoms in total. The van der Waals surface area contributed by atoms with Gasteiger partial charge in [0.2, 0.25) is 0 Å². The summed E-state index contributed by atoms with van der Waals surface area (Å²) >= 11 is 0. The van der Waals surface area contributed by atoms with Crippen LogP contribution in [-0.2, 0) is 0 Å². The van der Waals surface area contributed by atoms with Gasteiger partial charge in [-0.05, 0) is 55.0 Å². The first kappa shape index (κ1) is 12.5. The average Bonchev–Trinajstić information content (AvgIpc) is 2.46. The zero-order valence-electron chi connectivity index (χ0n) is 11.3. The Morgan fingerprint density at radius 2 is 1.70 bits per heavy atom. The monoisotopic (exact) mass is 266 g/mol. The molecule has 0 unspecified atom stereocenters. The molecule has 0 N–H and O–H groups in total. The van der Waals surface area contributed by atoms with Gasteiger partial charge in [0.05, 0.1) is 7.11 Å². The van der Waals surface area contributed by atoms with Crippen LogP contribution in [0.5, 0.6) is 5.75 Å². The second-order valence-corrected chi connectivity index (χ2v) is 4.68. The quantitative estimate of drug-likeness (QED) is 0.709. The molecule has 100 valence electrons. The van der Waals surface area contributed by atoms with Crippen molar-refractivity contribution in [1.29, 1.82) is 0 Å². The molecule has 3 heteroatoms. The number of fused-ring (bicyclic) bond motifs is 1. The van der Waals surface area contributed by atoms with Gasteiger partial charge in [-0.25, -0.2) is 0 Å². The summed E-state index contributed by atoms with van der Waals surface area (Å²) in [4.78, 5) is 11.4. The SMILES string of the molecule is COc1ccc(-c2cc(C)c3ccc(=O)cc-3o2)cc1. The minimum Gasteiger partial charge on any atom is -0.497 e. The van der Waals surface area contributed by atoms with Crippen LogP contribution in [0.1, 0.15) is 5.56 Å². The minimum absolute atomic E-state index is 0.0486. The number of ether oxygens (including phenoxy) is 1. The van der Waals surface area contributed by atoms with Crippen molar-refractivity contribution in [3.63, 3.8) is 0 Å². The number of hydrogen-bond donors (Lipinski definition) is 0. The Morgan fingerprint density at radius 1 is 0.950 bits per heavy atom. The Kier molecular flexibility index (Phi) is 3.03. The van der Waals surface area contributed by atoms with Gasteiger partial charge in [-0.2, -0.15) is 0 Å². The van der Waals surface area contributed by atoms with Crippen LogP contribution in [0, 0.1) is 6.92 Å². The van der Waals surface area contributed by atoms with E-state index in [2.05, 4.69) is 0 Å². The summed E-state index contributed by atoms with van der Waals surface area (Å²) in [6, 6.07) is 14.5. The smallest absolute Gasteiger partial charge is 0.182 e. The van der Waals surface area contributed by atoms with Gasteiger partial charge < -0.3 is 9.15 Å². The van der Waals surface area contributed by atoms with Gasteiger partial charge in [-0.15, -0.1) is 0 Å². The third kappa shape index (κ3) is 2.18. The lowest BCUT2D eigenvalue weighted by atomic mass is 10.0. The molecule has 0 radical (unpaired) electrons. The molecule has 1 heterocycles. The second kappa shape index (κ2) is 4.85. The molecule has 0 saturated carbocycles. The van der Waals surface area contributed by atoms with Gasteiger partial charge in [-0.1, -0.05) is 0 Å². The van der Waals surface area contributed by atoms with Gasteiger partial charge in [0.25, 0.3) is 0 Å². The van der Waals surface area contributed by atoms with E-state index in [9.17, 15) is 4.79 Å². The molecular weight excluding hydrogens is 252 g/mol. The first-order chi connectivity index (χ1) is 9.67. The first-order valence-corrected chi connectivity index (χ1v) is 6.36. The molecule has 1 aromatic rings. The molecule has 0 spiro atoms. The maximum atomic E-state index is 11.4. The van der Waals surface area contributed by atoms with Crippen molar-refractivity contribution >= 4 is 0 Å². The zero-order valence-corrected chi connectivity index (χ0v) is 11.3. The lowest BCUT2D eigenvalue weighted by Gasteiger charge is -2.11. The van der Waals surface area contributed by atoms with Crippen LogP contribution in [-0.4, -0.2) is 7.11 Å². The molecule has 0 bridgehead atoms. The highest BCUT2D eigenvalue weighted by molar-refractivity contribution is 5.69. The molecule has 20 heavy (non-hydrogen) atoms. The molecule has 3 rings (SSSR count). The van der Waals surface area contributed by atoms with Crippen molar-refractivity contribution in [2.24, 2.45) is 0 Å². The fourth-order valence-corrected chi connectivity index (χ4v) is 2.23. The van der Waals surface area contributed by atoms with E-state index < -0.39 is 0 Å². The molecule has 1 aromatic carbocycles. The van der Waals surface area contributed by atoms with Crippen molar-refractivity contribution in [3.05, 3.63) is 64.3 Å². The van der Waals surface area contributed by atoms with E-state index in [-0.39, 0.29) is 5.43 Å². The van der Waals surface area contributed by atoms with E-state index in [1.165, 1.54) is 6.07 Å².